The maximum absolute atomic E-state index is 12.2. The highest BCUT2D eigenvalue weighted by atomic mass is 16.2. The van der Waals surface area contributed by atoms with Crippen molar-refractivity contribution < 1.29 is 4.79 Å². The zero-order chi connectivity index (χ0) is 14.7. The van der Waals surface area contributed by atoms with Gasteiger partial charge in [-0.05, 0) is 43.5 Å². The van der Waals surface area contributed by atoms with E-state index in [1.54, 1.807) is 0 Å². The highest BCUT2D eigenvalue weighted by molar-refractivity contribution is 5.87. The molecule has 2 aliphatic rings. The van der Waals surface area contributed by atoms with Crippen LogP contribution in [0, 0.1) is 5.92 Å². The van der Waals surface area contributed by atoms with Gasteiger partial charge in [-0.25, -0.2) is 0 Å². The third kappa shape index (κ3) is 3.56. The largest absolute Gasteiger partial charge is 0.373 e. The first-order valence-electron chi connectivity index (χ1n) is 8.07. The van der Waals surface area contributed by atoms with Crippen molar-refractivity contribution in [2.24, 2.45) is 5.92 Å². The number of carbonyl (C=O) groups excluding carboxylic acids is 1. The van der Waals surface area contributed by atoms with Gasteiger partial charge in [-0.15, -0.1) is 0 Å². The second-order valence-electron chi connectivity index (χ2n) is 6.37. The van der Waals surface area contributed by atoms with Crippen LogP contribution in [0.15, 0.2) is 24.3 Å². The number of hydrogen-bond donors (Lipinski definition) is 2. The van der Waals surface area contributed by atoms with Crippen molar-refractivity contribution >= 4 is 11.6 Å². The molecule has 0 aliphatic carbocycles. The number of fused-ring (bicyclic) bond motifs is 1. The standard InChI is InChI=1S/C17H25N3O/c1-13-6-9-20(10-7-13)11-8-18-17(21)16-12-14-4-2-3-5-15(14)19-16/h2-5,13,16,19H,6-12H2,1H3,(H,18,21)/t16-/m0/s1. The number of hydrogen-bond acceptors (Lipinski definition) is 3. The van der Waals surface area contributed by atoms with Crippen molar-refractivity contribution in [1.29, 1.82) is 0 Å². The number of benzene rings is 1. The highest BCUT2D eigenvalue weighted by Crippen LogP contribution is 2.25. The summed E-state index contributed by atoms with van der Waals surface area (Å²) in [5, 5.41) is 6.38. The maximum atomic E-state index is 12.2. The van der Waals surface area contributed by atoms with Crippen LogP contribution in [0.4, 0.5) is 5.69 Å². The first kappa shape index (κ1) is 14.4. The van der Waals surface area contributed by atoms with Crippen molar-refractivity contribution in [2.45, 2.75) is 32.2 Å². The van der Waals surface area contributed by atoms with Gasteiger partial charge in [0.05, 0.1) is 0 Å². The molecule has 4 heteroatoms. The van der Waals surface area contributed by atoms with Gasteiger partial charge in [0.2, 0.25) is 5.91 Å². The monoisotopic (exact) mass is 287 g/mol. The van der Waals surface area contributed by atoms with Crippen LogP contribution in [0.5, 0.6) is 0 Å². The molecule has 1 aromatic rings. The number of para-hydroxylation sites is 1. The van der Waals surface area contributed by atoms with Crippen LogP contribution in [0.2, 0.25) is 0 Å². The lowest BCUT2D eigenvalue weighted by Crippen LogP contribution is -2.43. The Labute approximate surface area is 126 Å². The summed E-state index contributed by atoms with van der Waals surface area (Å²) in [5.41, 5.74) is 2.34. The van der Waals surface area contributed by atoms with Crippen molar-refractivity contribution in [1.82, 2.24) is 10.2 Å². The van der Waals surface area contributed by atoms with Gasteiger partial charge in [0.25, 0.3) is 0 Å². The number of carbonyl (C=O) groups is 1. The summed E-state index contributed by atoms with van der Waals surface area (Å²) in [5.74, 6) is 0.980. The van der Waals surface area contributed by atoms with Crippen LogP contribution < -0.4 is 10.6 Å². The van der Waals surface area contributed by atoms with Gasteiger partial charge in [0.15, 0.2) is 0 Å². The Kier molecular flexibility index (Phi) is 4.44. The molecule has 114 valence electrons. The fourth-order valence-corrected chi connectivity index (χ4v) is 3.20. The minimum atomic E-state index is -0.108. The molecule has 0 aromatic heterocycles. The number of amides is 1. The molecule has 0 bridgehead atoms. The summed E-state index contributed by atoms with van der Waals surface area (Å²) in [6.07, 6.45) is 3.37. The van der Waals surface area contributed by atoms with Gasteiger partial charge < -0.3 is 15.5 Å². The molecule has 2 heterocycles. The van der Waals surface area contributed by atoms with Gasteiger partial charge >= 0.3 is 0 Å². The van der Waals surface area contributed by atoms with Crippen LogP contribution in [-0.2, 0) is 11.2 Å². The maximum Gasteiger partial charge on any atom is 0.242 e. The summed E-state index contributed by atoms with van der Waals surface area (Å²) in [4.78, 5) is 14.7. The minimum Gasteiger partial charge on any atom is -0.373 e. The molecule has 1 saturated heterocycles. The smallest absolute Gasteiger partial charge is 0.242 e. The van der Waals surface area contributed by atoms with E-state index >= 15 is 0 Å². The summed E-state index contributed by atoms with van der Waals surface area (Å²) >= 11 is 0. The predicted molar refractivity (Wildman–Crippen MR) is 85.4 cm³/mol. The van der Waals surface area contributed by atoms with Crippen molar-refractivity contribution in [3.05, 3.63) is 29.8 Å². The van der Waals surface area contributed by atoms with E-state index in [-0.39, 0.29) is 11.9 Å². The van der Waals surface area contributed by atoms with E-state index in [2.05, 4.69) is 28.5 Å². The molecule has 1 atom stereocenters. The molecule has 1 fully saturated rings. The second-order valence-corrected chi connectivity index (χ2v) is 6.37. The topological polar surface area (TPSA) is 44.4 Å². The SMILES string of the molecule is CC1CCN(CCNC(=O)[C@@H]2Cc3ccccc3N2)CC1. The van der Waals surface area contributed by atoms with Gasteiger partial charge in [-0.2, -0.15) is 0 Å². The van der Waals surface area contributed by atoms with Crippen molar-refractivity contribution in [3.8, 4) is 0 Å². The Morgan fingerprint density at radius 1 is 1.33 bits per heavy atom. The molecular weight excluding hydrogens is 262 g/mol. The lowest BCUT2D eigenvalue weighted by molar-refractivity contribution is -0.121. The Morgan fingerprint density at radius 2 is 2.10 bits per heavy atom. The Morgan fingerprint density at radius 3 is 2.86 bits per heavy atom. The fraction of sp³-hybridized carbons (Fsp3) is 0.588. The zero-order valence-electron chi connectivity index (χ0n) is 12.8. The molecule has 1 aromatic carbocycles. The number of rotatable bonds is 4. The molecule has 0 spiro atoms. The summed E-state index contributed by atoms with van der Waals surface area (Å²) in [6, 6.07) is 8.05. The molecule has 0 radical (unpaired) electrons. The predicted octanol–water partition coefficient (Wildman–Crippen LogP) is 1.87. The van der Waals surface area contributed by atoms with E-state index in [1.165, 1.54) is 31.5 Å². The van der Waals surface area contributed by atoms with Crippen LogP contribution in [0.1, 0.15) is 25.3 Å². The first-order chi connectivity index (χ1) is 10.2. The molecule has 21 heavy (non-hydrogen) atoms. The Bertz CT molecular complexity index is 470. The summed E-state index contributed by atoms with van der Waals surface area (Å²) in [7, 11) is 0. The van der Waals surface area contributed by atoms with Crippen LogP contribution in [0.3, 0.4) is 0 Å². The molecule has 2 N–H and O–H groups in total. The van der Waals surface area contributed by atoms with Crippen LogP contribution in [-0.4, -0.2) is 43.0 Å². The van der Waals surface area contributed by atoms with E-state index < -0.39 is 0 Å². The Balaban J connectivity index is 1.40. The van der Waals surface area contributed by atoms with Crippen molar-refractivity contribution in [3.63, 3.8) is 0 Å². The van der Waals surface area contributed by atoms with E-state index in [9.17, 15) is 4.79 Å². The molecule has 0 saturated carbocycles. The fourth-order valence-electron chi connectivity index (χ4n) is 3.20. The van der Waals surface area contributed by atoms with Gasteiger partial charge in [-0.1, -0.05) is 25.1 Å². The molecule has 0 unspecified atom stereocenters. The molecule has 1 amide bonds. The van der Waals surface area contributed by atoms with Gasteiger partial charge in [-0.3, -0.25) is 4.79 Å². The minimum absolute atomic E-state index is 0.108. The zero-order valence-corrected chi connectivity index (χ0v) is 12.8. The first-order valence-corrected chi connectivity index (χ1v) is 8.07. The summed E-state index contributed by atoms with van der Waals surface area (Å²) in [6.45, 7) is 6.39. The highest BCUT2D eigenvalue weighted by Gasteiger charge is 2.26. The molecule has 3 rings (SSSR count). The average Bonchev–Trinajstić information content (AvgIpc) is 2.93. The number of likely N-dealkylation sites (tertiary alicyclic amines) is 1. The molecular formula is C17H25N3O. The summed E-state index contributed by atoms with van der Waals surface area (Å²) < 4.78 is 0. The van der Waals surface area contributed by atoms with E-state index in [4.69, 9.17) is 0 Å². The number of nitrogens with one attached hydrogen (secondary N) is 2. The number of anilines is 1. The Hall–Kier alpha value is -1.55. The normalized spacial score (nSPS) is 22.6. The van der Waals surface area contributed by atoms with Crippen LogP contribution >= 0.6 is 0 Å². The van der Waals surface area contributed by atoms with Crippen molar-refractivity contribution in [2.75, 3.05) is 31.5 Å². The third-order valence-electron chi connectivity index (χ3n) is 4.69. The lowest BCUT2D eigenvalue weighted by atomic mass is 9.99. The van der Waals surface area contributed by atoms with E-state index in [0.29, 0.717) is 0 Å². The van der Waals surface area contributed by atoms with Crippen LogP contribution in [0.25, 0.3) is 0 Å². The van der Waals surface area contributed by atoms with E-state index in [1.807, 2.05) is 18.2 Å². The lowest BCUT2D eigenvalue weighted by Gasteiger charge is -2.30. The molecule has 2 aliphatic heterocycles. The number of piperidine rings is 1. The van der Waals surface area contributed by atoms with Gasteiger partial charge in [0, 0.05) is 25.2 Å². The number of nitrogens with zero attached hydrogens (tertiary/aromatic N) is 1. The van der Waals surface area contributed by atoms with Gasteiger partial charge in [0.1, 0.15) is 6.04 Å². The average molecular weight is 287 g/mol. The quantitative estimate of drug-likeness (QED) is 0.888. The third-order valence-corrected chi connectivity index (χ3v) is 4.69. The second kappa shape index (κ2) is 6.48. The van der Waals surface area contributed by atoms with E-state index in [0.717, 1.165) is 31.1 Å². The molecule has 4 nitrogen and oxygen atoms in total.